The summed E-state index contributed by atoms with van der Waals surface area (Å²) in [5.74, 6) is 0. The van der Waals surface area contributed by atoms with Gasteiger partial charge in [-0.3, -0.25) is 0 Å². The first-order chi connectivity index (χ1) is 34.6. The minimum atomic E-state index is 0.703. The fourth-order valence-electron chi connectivity index (χ4n) is 11.2. The average Bonchev–Trinajstić information content (AvgIpc) is 3.99. The molecule has 0 fully saturated rings. The molecule has 12 aromatic rings. The Morgan fingerprint density at radius 1 is 0.300 bits per heavy atom. The Balaban J connectivity index is 1.09. The molecule has 1 aromatic heterocycles. The number of aromatic amines is 1. The van der Waals surface area contributed by atoms with Crippen LogP contribution in [0.4, 0.5) is 0 Å². The number of fused-ring (bicyclic) bond motifs is 6. The van der Waals surface area contributed by atoms with Crippen molar-refractivity contribution >= 4 is 45.0 Å². The lowest BCUT2D eigenvalue weighted by Gasteiger charge is -2.19. The first-order valence-electron chi connectivity index (χ1n) is 23.8. The van der Waals surface area contributed by atoms with Crippen molar-refractivity contribution in [3.63, 3.8) is 0 Å². The first kappa shape index (κ1) is 41.9. The molecule has 1 aliphatic carbocycles. The van der Waals surface area contributed by atoms with E-state index in [0.717, 1.165) is 56.0 Å². The lowest BCUT2D eigenvalue weighted by Crippen LogP contribution is -1.95. The molecule has 0 amide bonds. The highest BCUT2D eigenvalue weighted by molar-refractivity contribution is 6.36. The molecule has 330 valence electrons. The van der Waals surface area contributed by atoms with Gasteiger partial charge in [0.2, 0.25) is 0 Å². The maximum absolute atomic E-state index is 7.35. The molecule has 13 rings (SSSR count). The fraction of sp³-hybridized carbons (Fsp3) is 0.0149. The summed E-state index contributed by atoms with van der Waals surface area (Å²) in [6.45, 7) is 0. The van der Waals surface area contributed by atoms with Crippen molar-refractivity contribution in [3.8, 4) is 100 Å². The van der Waals surface area contributed by atoms with Gasteiger partial charge in [-0.05, 0) is 119 Å². The van der Waals surface area contributed by atoms with E-state index < -0.39 is 0 Å². The molecule has 0 spiro atoms. The Labute approximate surface area is 417 Å². The van der Waals surface area contributed by atoms with Gasteiger partial charge in [0.1, 0.15) is 0 Å². The number of hydrogen-bond acceptors (Lipinski definition) is 0. The summed E-state index contributed by atoms with van der Waals surface area (Å²) in [6.07, 6.45) is 0.719. The van der Waals surface area contributed by atoms with Crippen LogP contribution in [0.25, 0.3) is 122 Å². The van der Waals surface area contributed by atoms with E-state index in [4.69, 9.17) is 23.2 Å². The van der Waals surface area contributed by atoms with Crippen LogP contribution in [-0.2, 0) is 6.42 Å². The van der Waals surface area contributed by atoms with E-state index in [1.54, 1.807) is 0 Å². The number of H-pyrrole nitrogens is 1. The van der Waals surface area contributed by atoms with Gasteiger partial charge in [0.15, 0.2) is 0 Å². The largest absolute Gasteiger partial charge is 0.354 e. The van der Waals surface area contributed by atoms with Gasteiger partial charge in [0.05, 0.1) is 5.52 Å². The van der Waals surface area contributed by atoms with E-state index in [1.165, 1.54) is 83.5 Å². The molecule has 11 aromatic carbocycles. The van der Waals surface area contributed by atoms with Crippen LogP contribution in [0.5, 0.6) is 0 Å². The van der Waals surface area contributed by atoms with Crippen LogP contribution < -0.4 is 0 Å². The third-order valence-electron chi connectivity index (χ3n) is 14.2. The van der Waals surface area contributed by atoms with E-state index in [2.05, 4.69) is 223 Å². The smallest absolute Gasteiger partial charge is 0.0557 e. The fourth-order valence-corrected chi connectivity index (χ4v) is 11.7. The van der Waals surface area contributed by atoms with Crippen molar-refractivity contribution in [3.05, 3.63) is 264 Å². The van der Waals surface area contributed by atoms with Crippen molar-refractivity contribution in [2.45, 2.75) is 6.42 Å². The minimum absolute atomic E-state index is 0.703. The van der Waals surface area contributed by atoms with Crippen molar-refractivity contribution in [2.24, 2.45) is 0 Å². The lowest BCUT2D eigenvalue weighted by molar-refractivity contribution is 1.27. The van der Waals surface area contributed by atoms with Crippen LogP contribution in [0.1, 0.15) is 11.1 Å². The van der Waals surface area contributed by atoms with Crippen LogP contribution >= 0.6 is 23.2 Å². The molecule has 1 N–H and O–H groups in total. The molecule has 1 nitrogen and oxygen atoms in total. The predicted octanol–water partition coefficient (Wildman–Crippen LogP) is 19.5. The number of benzene rings is 11. The highest BCUT2D eigenvalue weighted by Gasteiger charge is 2.32. The number of nitrogens with one attached hydrogen (secondary N) is 1. The van der Waals surface area contributed by atoms with Crippen molar-refractivity contribution < 1.29 is 0 Å². The second-order valence-corrected chi connectivity index (χ2v) is 19.0. The van der Waals surface area contributed by atoms with Gasteiger partial charge in [-0.2, -0.15) is 0 Å². The Morgan fingerprint density at radius 2 is 0.714 bits per heavy atom. The second-order valence-electron chi connectivity index (χ2n) is 18.2. The summed E-state index contributed by atoms with van der Waals surface area (Å²) in [5.41, 5.74) is 25.4. The number of rotatable bonds is 8. The van der Waals surface area contributed by atoms with Gasteiger partial charge in [0.25, 0.3) is 0 Å². The molecule has 0 aliphatic heterocycles. The molecule has 0 radical (unpaired) electrons. The Morgan fingerprint density at radius 3 is 1.20 bits per heavy atom. The third kappa shape index (κ3) is 7.01. The number of halogens is 2. The zero-order valence-corrected chi connectivity index (χ0v) is 39.6. The van der Waals surface area contributed by atoms with Gasteiger partial charge < -0.3 is 4.98 Å². The lowest BCUT2D eigenvalue weighted by atomic mass is 9.84. The predicted molar refractivity (Wildman–Crippen MR) is 298 cm³/mol. The molecular formula is C67H43Cl2N. The van der Waals surface area contributed by atoms with Crippen LogP contribution in [0.15, 0.2) is 243 Å². The van der Waals surface area contributed by atoms with Crippen LogP contribution in [-0.4, -0.2) is 4.98 Å². The van der Waals surface area contributed by atoms with Crippen LogP contribution in [0.2, 0.25) is 10.0 Å². The summed E-state index contributed by atoms with van der Waals surface area (Å²) >= 11 is 14.7. The zero-order chi connectivity index (χ0) is 46.7. The minimum Gasteiger partial charge on any atom is -0.354 e. The molecule has 0 unspecified atom stereocenters. The standard InChI is InChI=1S/C67H43Cl2N/c68-58-33-15-13-27-54(58)64-57-40-48-39-46(61-49(42-19-5-1-6-20-42)29-17-30-50(61)43-21-7-2-8-22-43)35-37-53(48)63(57)65(55-28-14-16-34-59(55)69)67-66(64)56-38-36-47(41-60(56)70-67)62-51(44-23-9-3-10-24-44)31-18-32-52(62)45-25-11-4-12-26-45/h1-39,41,70H,40H2. The quantitative estimate of drug-likeness (QED) is 0.156. The van der Waals surface area contributed by atoms with Gasteiger partial charge in [0, 0.05) is 43.0 Å². The van der Waals surface area contributed by atoms with Crippen molar-refractivity contribution in [1.29, 1.82) is 0 Å². The summed E-state index contributed by atoms with van der Waals surface area (Å²) < 4.78 is 0. The van der Waals surface area contributed by atoms with E-state index in [9.17, 15) is 0 Å². The molecule has 1 heterocycles. The highest BCUT2D eigenvalue weighted by atomic mass is 35.5. The maximum atomic E-state index is 7.35. The van der Waals surface area contributed by atoms with Gasteiger partial charge in [-0.15, -0.1) is 0 Å². The van der Waals surface area contributed by atoms with Crippen molar-refractivity contribution in [1.82, 2.24) is 4.98 Å². The molecule has 3 heteroatoms. The Kier molecular flexibility index (Phi) is 10.4. The van der Waals surface area contributed by atoms with Crippen LogP contribution in [0, 0.1) is 0 Å². The summed E-state index contributed by atoms with van der Waals surface area (Å²) in [7, 11) is 0. The first-order valence-corrected chi connectivity index (χ1v) is 24.6. The van der Waals surface area contributed by atoms with E-state index in [-0.39, 0.29) is 0 Å². The van der Waals surface area contributed by atoms with E-state index in [1.807, 2.05) is 24.3 Å². The van der Waals surface area contributed by atoms with Gasteiger partial charge in [-0.1, -0.05) is 248 Å². The van der Waals surface area contributed by atoms with E-state index >= 15 is 0 Å². The molecule has 0 bridgehead atoms. The molecule has 70 heavy (non-hydrogen) atoms. The Hall–Kier alpha value is -8.20. The summed E-state index contributed by atoms with van der Waals surface area (Å²) in [4.78, 5) is 4.08. The maximum Gasteiger partial charge on any atom is 0.0557 e. The average molecular weight is 933 g/mol. The zero-order valence-electron chi connectivity index (χ0n) is 38.1. The van der Waals surface area contributed by atoms with Crippen molar-refractivity contribution in [2.75, 3.05) is 0 Å². The number of aromatic nitrogens is 1. The second kappa shape index (κ2) is 17.4. The molecule has 0 atom stereocenters. The van der Waals surface area contributed by atoms with Gasteiger partial charge >= 0.3 is 0 Å². The topological polar surface area (TPSA) is 15.8 Å². The Bertz CT molecular complexity index is 3850. The monoisotopic (exact) mass is 931 g/mol. The summed E-state index contributed by atoms with van der Waals surface area (Å²) in [6, 6.07) is 87.0. The molecule has 0 saturated carbocycles. The SMILES string of the molecule is Clc1ccccc1-c1c2c(c(-c3ccccc3Cl)c3c1[nH]c1cc(-c4c(-c5ccccc5)cccc4-c4ccccc4)ccc13)Cc1cc(-c3c(-c4ccccc4)cccc3-c3ccccc3)ccc1-2. The molecule has 1 aliphatic rings. The molecular weight excluding hydrogens is 890 g/mol. The van der Waals surface area contributed by atoms with E-state index in [0.29, 0.717) is 10.0 Å². The highest BCUT2D eigenvalue weighted by Crippen LogP contribution is 2.56. The van der Waals surface area contributed by atoms with Crippen LogP contribution in [0.3, 0.4) is 0 Å². The normalized spacial score (nSPS) is 11.8. The number of hydrogen-bond donors (Lipinski definition) is 1. The summed E-state index contributed by atoms with van der Waals surface area (Å²) in [5, 5.41) is 3.68. The molecule has 0 saturated heterocycles. The van der Waals surface area contributed by atoms with Gasteiger partial charge in [-0.25, -0.2) is 0 Å². The third-order valence-corrected chi connectivity index (χ3v) is 14.9.